The van der Waals surface area contributed by atoms with Crippen LogP contribution in [0.15, 0.2) is 36.4 Å². The fraction of sp³-hybridized carbons (Fsp3) is 0.167. The van der Waals surface area contributed by atoms with Crippen molar-refractivity contribution in [2.75, 3.05) is 24.8 Å². The third-order valence-electron chi connectivity index (χ3n) is 2.46. The summed E-state index contributed by atoms with van der Waals surface area (Å²) in [6, 6.07) is 11.3. The van der Waals surface area contributed by atoms with Crippen molar-refractivity contribution in [3.63, 3.8) is 0 Å². The Morgan fingerprint density at radius 1 is 1.18 bits per heavy atom. The number of rotatable bonds is 3. The molecule has 0 saturated heterocycles. The average molecular weight is 230 g/mol. The highest BCUT2D eigenvalue weighted by molar-refractivity contribution is 5.60. The second-order valence-corrected chi connectivity index (χ2v) is 3.58. The van der Waals surface area contributed by atoms with Crippen LogP contribution in [0.2, 0.25) is 0 Å². The third kappa shape index (κ3) is 2.44. The maximum absolute atomic E-state index is 5.50. The van der Waals surface area contributed by atoms with Crippen LogP contribution in [-0.2, 0) is 0 Å². The highest BCUT2D eigenvalue weighted by Crippen LogP contribution is 2.24. The minimum atomic E-state index is 0.410. The highest BCUT2D eigenvalue weighted by Gasteiger charge is 2.06. The summed E-state index contributed by atoms with van der Waals surface area (Å²) < 4.78 is 5.18. The van der Waals surface area contributed by atoms with Gasteiger partial charge in [0.1, 0.15) is 11.6 Å². The Kier molecular flexibility index (Phi) is 3.09. The van der Waals surface area contributed by atoms with E-state index in [4.69, 9.17) is 10.5 Å². The van der Waals surface area contributed by atoms with Gasteiger partial charge in [0, 0.05) is 18.8 Å². The summed E-state index contributed by atoms with van der Waals surface area (Å²) in [7, 11) is 3.55. The Balaban J connectivity index is 2.29. The average Bonchev–Trinajstić information content (AvgIpc) is 2.39. The summed E-state index contributed by atoms with van der Waals surface area (Å²) in [4.78, 5) is 1.91. The minimum Gasteiger partial charge on any atom is -0.497 e. The molecular weight excluding hydrogens is 216 g/mol. The topological polar surface area (TPSA) is 64.3 Å². The molecule has 0 aliphatic rings. The van der Waals surface area contributed by atoms with Gasteiger partial charge in [0.2, 0.25) is 0 Å². The van der Waals surface area contributed by atoms with Gasteiger partial charge in [-0.3, -0.25) is 0 Å². The molecule has 1 aromatic heterocycles. The summed E-state index contributed by atoms with van der Waals surface area (Å²) >= 11 is 0. The van der Waals surface area contributed by atoms with E-state index < -0.39 is 0 Å². The lowest BCUT2D eigenvalue weighted by Crippen LogP contribution is -2.12. The third-order valence-corrected chi connectivity index (χ3v) is 2.46. The molecule has 5 nitrogen and oxygen atoms in total. The number of hydrogen-bond acceptors (Lipinski definition) is 5. The molecule has 2 rings (SSSR count). The second kappa shape index (κ2) is 4.69. The van der Waals surface area contributed by atoms with Crippen molar-refractivity contribution in [1.82, 2.24) is 10.2 Å². The fourth-order valence-electron chi connectivity index (χ4n) is 1.47. The molecule has 1 aromatic carbocycles. The monoisotopic (exact) mass is 230 g/mol. The van der Waals surface area contributed by atoms with Crippen molar-refractivity contribution < 1.29 is 4.74 Å². The van der Waals surface area contributed by atoms with Crippen molar-refractivity contribution >= 4 is 17.3 Å². The molecule has 2 aromatic rings. The first-order valence-electron chi connectivity index (χ1n) is 5.17. The maximum atomic E-state index is 5.50. The molecule has 0 radical (unpaired) electrons. The van der Waals surface area contributed by atoms with Crippen molar-refractivity contribution in [2.24, 2.45) is 0 Å². The number of benzene rings is 1. The van der Waals surface area contributed by atoms with Crippen LogP contribution in [0, 0.1) is 0 Å². The van der Waals surface area contributed by atoms with Gasteiger partial charge in [0.05, 0.1) is 7.11 Å². The van der Waals surface area contributed by atoms with Gasteiger partial charge < -0.3 is 15.4 Å². The Bertz CT molecular complexity index is 498. The van der Waals surface area contributed by atoms with E-state index in [9.17, 15) is 0 Å². The van der Waals surface area contributed by atoms with E-state index >= 15 is 0 Å². The van der Waals surface area contributed by atoms with Crippen molar-refractivity contribution in [3.05, 3.63) is 36.4 Å². The van der Waals surface area contributed by atoms with E-state index in [1.807, 2.05) is 42.3 Å². The SMILES string of the molecule is COc1cccc(N(C)c2ccc(N)nn2)c1. The first-order chi connectivity index (χ1) is 8.20. The van der Waals surface area contributed by atoms with Crippen molar-refractivity contribution in [3.8, 4) is 5.75 Å². The van der Waals surface area contributed by atoms with Crippen LogP contribution in [0.25, 0.3) is 0 Å². The van der Waals surface area contributed by atoms with Gasteiger partial charge in [-0.2, -0.15) is 0 Å². The van der Waals surface area contributed by atoms with Gasteiger partial charge in [0.25, 0.3) is 0 Å². The first kappa shape index (κ1) is 11.2. The lowest BCUT2D eigenvalue weighted by atomic mass is 10.3. The van der Waals surface area contributed by atoms with Gasteiger partial charge >= 0.3 is 0 Å². The molecule has 0 unspecified atom stereocenters. The second-order valence-electron chi connectivity index (χ2n) is 3.58. The van der Waals surface area contributed by atoms with Crippen LogP contribution in [0.3, 0.4) is 0 Å². The molecule has 1 heterocycles. The Morgan fingerprint density at radius 3 is 2.65 bits per heavy atom. The van der Waals surface area contributed by atoms with Gasteiger partial charge in [0.15, 0.2) is 5.82 Å². The number of nitrogens with zero attached hydrogens (tertiary/aromatic N) is 3. The van der Waals surface area contributed by atoms with Crippen LogP contribution in [0.5, 0.6) is 5.75 Å². The molecule has 0 spiro atoms. The van der Waals surface area contributed by atoms with Gasteiger partial charge in [-0.1, -0.05) is 6.07 Å². The molecule has 2 N–H and O–H groups in total. The molecule has 0 atom stereocenters. The van der Waals surface area contributed by atoms with Gasteiger partial charge in [-0.15, -0.1) is 10.2 Å². The predicted octanol–water partition coefficient (Wildman–Crippen LogP) is 1.84. The van der Waals surface area contributed by atoms with E-state index in [0.717, 1.165) is 17.3 Å². The van der Waals surface area contributed by atoms with Gasteiger partial charge in [-0.05, 0) is 24.3 Å². The lowest BCUT2D eigenvalue weighted by Gasteiger charge is -2.18. The number of methoxy groups -OCH3 is 1. The largest absolute Gasteiger partial charge is 0.497 e. The van der Waals surface area contributed by atoms with Gasteiger partial charge in [-0.25, -0.2) is 0 Å². The van der Waals surface area contributed by atoms with Crippen molar-refractivity contribution in [1.29, 1.82) is 0 Å². The van der Waals surface area contributed by atoms with Crippen LogP contribution >= 0.6 is 0 Å². The Labute approximate surface area is 99.8 Å². The maximum Gasteiger partial charge on any atom is 0.155 e. The van der Waals surface area contributed by atoms with E-state index in [1.54, 1.807) is 13.2 Å². The molecule has 0 fully saturated rings. The van der Waals surface area contributed by atoms with Crippen LogP contribution in [-0.4, -0.2) is 24.4 Å². The molecule has 5 heteroatoms. The minimum absolute atomic E-state index is 0.410. The standard InChI is InChI=1S/C12H14N4O/c1-16(12-7-6-11(13)14-15-12)9-4-3-5-10(8-9)17-2/h3-8H,1-2H3,(H2,13,14). The summed E-state index contributed by atoms with van der Waals surface area (Å²) in [6.45, 7) is 0. The smallest absolute Gasteiger partial charge is 0.155 e. The highest BCUT2D eigenvalue weighted by atomic mass is 16.5. The van der Waals surface area contributed by atoms with E-state index in [-0.39, 0.29) is 0 Å². The van der Waals surface area contributed by atoms with E-state index in [1.165, 1.54) is 0 Å². The normalized spacial score (nSPS) is 10.0. The van der Waals surface area contributed by atoms with Crippen LogP contribution in [0.1, 0.15) is 0 Å². The van der Waals surface area contributed by atoms with Crippen molar-refractivity contribution in [2.45, 2.75) is 0 Å². The Morgan fingerprint density at radius 2 is 2.00 bits per heavy atom. The Hall–Kier alpha value is -2.30. The number of hydrogen-bond donors (Lipinski definition) is 1. The van der Waals surface area contributed by atoms with Crippen LogP contribution in [0.4, 0.5) is 17.3 Å². The van der Waals surface area contributed by atoms with Crippen LogP contribution < -0.4 is 15.4 Å². The molecular formula is C12H14N4O. The number of nitrogens with two attached hydrogens (primary N) is 1. The molecule has 88 valence electrons. The lowest BCUT2D eigenvalue weighted by molar-refractivity contribution is 0.415. The summed E-state index contributed by atoms with van der Waals surface area (Å²) in [5, 5.41) is 7.84. The zero-order valence-corrected chi connectivity index (χ0v) is 9.79. The summed E-state index contributed by atoms with van der Waals surface area (Å²) in [6.07, 6.45) is 0. The molecule has 0 aliphatic heterocycles. The zero-order chi connectivity index (χ0) is 12.3. The molecule has 0 aliphatic carbocycles. The first-order valence-corrected chi connectivity index (χ1v) is 5.17. The number of nitrogen functional groups attached to an aromatic ring is 1. The number of aromatic nitrogens is 2. The number of anilines is 3. The number of ether oxygens (including phenoxy) is 1. The molecule has 0 amide bonds. The zero-order valence-electron chi connectivity index (χ0n) is 9.79. The van der Waals surface area contributed by atoms with E-state index in [2.05, 4.69) is 10.2 Å². The summed E-state index contributed by atoms with van der Waals surface area (Å²) in [5.74, 6) is 1.94. The fourth-order valence-corrected chi connectivity index (χ4v) is 1.47. The summed E-state index contributed by atoms with van der Waals surface area (Å²) in [5.41, 5.74) is 6.47. The quantitative estimate of drug-likeness (QED) is 0.871. The molecule has 17 heavy (non-hydrogen) atoms. The molecule has 0 bridgehead atoms. The molecule has 0 saturated carbocycles. The predicted molar refractivity (Wildman–Crippen MR) is 67.5 cm³/mol. The van der Waals surface area contributed by atoms with E-state index in [0.29, 0.717) is 5.82 Å².